The molecule has 0 bridgehead atoms. The normalized spacial score (nSPS) is 27.9. The number of hydrogen-bond acceptors (Lipinski definition) is 2. The topological polar surface area (TPSA) is 15.3 Å². The van der Waals surface area contributed by atoms with E-state index in [0.717, 1.165) is 5.92 Å². The maximum atomic E-state index is 3.75. The van der Waals surface area contributed by atoms with E-state index < -0.39 is 0 Å². The molecule has 0 radical (unpaired) electrons. The first kappa shape index (κ1) is 14.0. The van der Waals surface area contributed by atoms with E-state index >= 15 is 0 Å². The molecule has 2 heteroatoms. The zero-order valence-corrected chi connectivity index (χ0v) is 11.8. The highest BCUT2D eigenvalue weighted by Gasteiger charge is 2.34. The first-order valence-electron chi connectivity index (χ1n) is 6.96. The van der Waals surface area contributed by atoms with Gasteiger partial charge in [-0.05, 0) is 45.7 Å². The van der Waals surface area contributed by atoms with Crippen LogP contribution in [0.1, 0.15) is 53.4 Å². The van der Waals surface area contributed by atoms with Crippen molar-refractivity contribution in [2.45, 2.75) is 65.0 Å². The van der Waals surface area contributed by atoms with Crippen molar-refractivity contribution in [3.63, 3.8) is 0 Å². The maximum Gasteiger partial charge on any atom is 0.0309 e. The second-order valence-corrected chi connectivity index (χ2v) is 5.96. The van der Waals surface area contributed by atoms with Crippen molar-refractivity contribution in [1.82, 2.24) is 10.2 Å². The van der Waals surface area contributed by atoms with Crippen LogP contribution >= 0.6 is 0 Å². The molecule has 1 N–H and O–H groups in total. The summed E-state index contributed by atoms with van der Waals surface area (Å²) in [6.45, 7) is 11.7. The molecule has 0 spiro atoms. The van der Waals surface area contributed by atoms with Crippen LogP contribution in [0.2, 0.25) is 0 Å². The van der Waals surface area contributed by atoms with Crippen LogP contribution in [0.5, 0.6) is 0 Å². The molecule has 0 aromatic rings. The van der Waals surface area contributed by atoms with Gasteiger partial charge in [0.1, 0.15) is 0 Å². The third-order valence-electron chi connectivity index (χ3n) is 4.27. The van der Waals surface area contributed by atoms with E-state index in [1.807, 2.05) is 0 Å². The average Bonchev–Trinajstić information content (AvgIpc) is 2.65. The summed E-state index contributed by atoms with van der Waals surface area (Å²) in [5.74, 6) is 0.741. The Hall–Kier alpha value is -0.0800. The van der Waals surface area contributed by atoms with E-state index in [0.29, 0.717) is 11.6 Å². The molecule has 96 valence electrons. The smallest absolute Gasteiger partial charge is 0.0309 e. The highest BCUT2D eigenvalue weighted by Crippen LogP contribution is 2.26. The Balaban J connectivity index is 2.54. The third kappa shape index (κ3) is 3.46. The van der Waals surface area contributed by atoms with Crippen LogP contribution in [0.3, 0.4) is 0 Å². The first-order chi connectivity index (χ1) is 7.51. The van der Waals surface area contributed by atoms with Crippen molar-refractivity contribution in [1.29, 1.82) is 0 Å². The van der Waals surface area contributed by atoms with Crippen molar-refractivity contribution in [3.8, 4) is 0 Å². The highest BCUT2D eigenvalue weighted by atomic mass is 15.2. The lowest BCUT2D eigenvalue weighted by Gasteiger charge is -2.38. The van der Waals surface area contributed by atoms with Crippen molar-refractivity contribution < 1.29 is 0 Å². The minimum atomic E-state index is 0.409. The molecule has 1 rings (SSSR count). The van der Waals surface area contributed by atoms with Gasteiger partial charge in [0.05, 0.1) is 0 Å². The van der Waals surface area contributed by atoms with Crippen LogP contribution in [0, 0.1) is 5.92 Å². The summed E-state index contributed by atoms with van der Waals surface area (Å²) in [4.78, 5) is 2.54. The second kappa shape index (κ2) is 6.02. The molecule has 0 amide bonds. The largest absolute Gasteiger partial charge is 0.310 e. The molecule has 0 aliphatic carbocycles. The molecule has 2 nitrogen and oxygen atoms in total. The Morgan fingerprint density at radius 1 is 1.31 bits per heavy atom. The third-order valence-corrected chi connectivity index (χ3v) is 4.27. The Morgan fingerprint density at radius 2 is 2.00 bits per heavy atom. The van der Waals surface area contributed by atoms with Crippen molar-refractivity contribution in [3.05, 3.63) is 0 Å². The summed E-state index contributed by atoms with van der Waals surface area (Å²) in [6.07, 6.45) is 5.32. The first-order valence-corrected chi connectivity index (χ1v) is 6.96. The van der Waals surface area contributed by atoms with Crippen LogP contribution in [0.25, 0.3) is 0 Å². The summed E-state index contributed by atoms with van der Waals surface area (Å²) in [7, 11) is 2.28. The number of likely N-dealkylation sites (N-methyl/N-ethyl adjacent to an activating group) is 1. The molecule has 1 aliphatic heterocycles. The quantitative estimate of drug-likeness (QED) is 0.749. The zero-order chi connectivity index (χ0) is 12.2. The van der Waals surface area contributed by atoms with Crippen LogP contribution in [-0.4, -0.2) is 36.6 Å². The predicted octanol–water partition coefficient (Wildman–Crippen LogP) is 2.89. The highest BCUT2D eigenvalue weighted by molar-refractivity contribution is 4.95. The lowest BCUT2D eigenvalue weighted by Crippen LogP contribution is -2.51. The van der Waals surface area contributed by atoms with E-state index in [2.05, 4.69) is 45.0 Å². The number of nitrogens with one attached hydrogen (secondary N) is 1. The van der Waals surface area contributed by atoms with Gasteiger partial charge in [-0.1, -0.05) is 27.2 Å². The second-order valence-electron chi connectivity index (χ2n) is 5.96. The van der Waals surface area contributed by atoms with Gasteiger partial charge in [0, 0.05) is 18.1 Å². The van der Waals surface area contributed by atoms with Gasteiger partial charge >= 0.3 is 0 Å². The van der Waals surface area contributed by atoms with Crippen molar-refractivity contribution in [2.24, 2.45) is 5.92 Å². The molecule has 1 heterocycles. The molecule has 0 aromatic heterocycles. The van der Waals surface area contributed by atoms with Gasteiger partial charge in [-0.25, -0.2) is 0 Å². The molecule has 16 heavy (non-hydrogen) atoms. The number of hydrogen-bond donors (Lipinski definition) is 1. The van der Waals surface area contributed by atoms with Gasteiger partial charge < -0.3 is 10.2 Å². The monoisotopic (exact) mass is 226 g/mol. The lowest BCUT2D eigenvalue weighted by atomic mass is 9.90. The fourth-order valence-corrected chi connectivity index (χ4v) is 2.91. The molecular formula is C14H30N2. The van der Waals surface area contributed by atoms with Crippen molar-refractivity contribution in [2.75, 3.05) is 20.1 Å². The number of rotatable bonds is 6. The van der Waals surface area contributed by atoms with Crippen LogP contribution in [0.15, 0.2) is 0 Å². The van der Waals surface area contributed by atoms with Crippen molar-refractivity contribution >= 4 is 0 Å². The Labute approximate surface area is 102 Å². The molecular weight excluding hydrogens is 196 g/mol. The fourth-order valence-electron chi connectivity index (χ4n) is 2.91. The van der Waals surface area contributed by atoms with E-state index in [1.54, 1.807) is 0 Å². The maximum absolute atomic E-state index is 3.75. The predicted molar refractivity (Wildman–Crippen MR) is 71.8 cm³/mol. The van der Waals surface area contributed by atoms with E-state index in [9.17, 15) is 0 Å². The fraction of sp³-hybridized carbons (Fsp3) is 1.00. The van der Waals surface area contributed by atoms with Gasteiger partial charge in [0.2, 0.25) is 0 Å². The van der Waals surface area contributed by atoms with E-state index in [1.165, 1.54) is 38.8 Å². The Bertz CT molecular complexity index is 195. The lowest BCUT2D eigenvalue weighted by molar-refractivity contribution is 0.147. The summed E-state index contributed by atoms with van der Waals surface area (Å²) < 4.78 is 0. The van der Waals surface area contributed by atoms with Gasteiger partial charge in [-0.3, -0.25) is 0 Å². The van der Waals surface area contributed by atoms with Crippen LogP contribution < -0.4 is 5.32 Å². The molecule has 1 saturated heterocycles. The Kier molecular flexibility index (Phi) is 5.26. The van der Waals surface area contributed by atoms with Crippen LogP contribution in [-0.2, 0) is 0 Å². The summed E-state index contributed by atoms with van der Waals surface area (Å²) in [6, 6.07) is 0.677. The molecule has 1 aliphatic rings. The molecule has 1 fully saturated rings. The minimum Gasteiger partial charge on any atom is -0.310 e. The molecule has 2 atom stereocenters. The van der Waals surface area contributed by atoms with Crippen LogP contribution in [0.4, 0.5) is 0 Å². The Morgan fingerprint density at radius 3 is 2.44 bits per heavy atom. The zero-order valence-electron chi connectivity index (χ0n) is 11.8. The van der Waals surface area contributed by atoms with Gasteiger partial charge in [0.15, 0.2) is 0 Å². The molecule has 0 saturated carbocycles. The summed E-state index contributed by atoms with van der Waals surface area (Å²) in [5.41, 5.74) is 0.409. The van der Waals surface area contributed by atoms with Gasteiger partial charge in [-0.2, -0.15) is 0 Å². The number of nitrogens with zero attached hydrogens (tertiary/aromatic N) is 1. The van der Waals surface area contributed by atoms with E-state index in [-0.39, 0.29) is 0 Å². The molecule has 2 unspecified atom stereocenters. The average molecular weight is 226 g/mol. The SMILES string of the molecule is CCCC1(CN(C)C(C)C(C)C)CCCN1. The van der Waals surface area contributed by atoms with Gasteiger partial charge in [-0.15, -0.1) is 0 Å². The molecule has 0 aromatic carbocycles. The van der Waals surface area contributed by atoms with Gasteiger partial charge in [0.25, 0.3) is 0 Å². The summed E-state index contributed by atoms with van der Waals surface area (Å²) >= 11 is 0. The standard InChI is InChI=1S/C14H30N2/c1-6-8-14(9-7-10-15-14)11-16(5)13(4)12(2)3/h12-13,15H,6-11H2,1-5H3. The minimum absolute atomic E-state index is 0.409. The summed E-state index contributed by atoms with van der Waals surface area (Å²) in [5, 5.41) is 3.75. The van der Waals surface area contributed by atoms with E-state index in [4.69, 9.17) is 0 Å².